The molecule has 0 spiro atoms. The van der Waals surface area contributed by atoms with Crippen LogP contribution in [0.4, 0.5) is 0 Å². The maximum atomic E-state index is 6.34. The lowest BCUT2D eigenvalue weighted by molar-refractivity contribution is 0.355. The van der Waals surface area contributed by atoms with E-state index in [1.54, 1.807) is 32.4 Å². The Morgan fingerprint density at radius 2 is 1.81 bits per heavy atom. The average molecular weight is 371 g/mol. The van der Waals surface area contributed by atoms with Crippen LogP contribution in [-0.4, -0.2) is 24.4 Å². The second-order valence-electron chi connectivity index (χ2n) is 5.58. The molecule has 0 N–H and O–H groups in total. The van der Waals surface area contributed by atoms with Gasteiger partial charge in [0.1, 0.15) is 5.03 Å². The molecule has 3 rings (SSSR count). The number of benzene rings is 2. The number of nitrogens with zero attached hydrogens (tertiary/aromatic N) is 2. The van der Waals surface area contributed by atoms with Gasteiger partial charge in [-0.3, -0.25) is 0 Å². The van der Waals surface area contributed by atoms with Crippen LogP contribution < -0.4 is 9.47 Å². The van der Waals surface area contributed by atoms with E-state index in [2.05, 4.69) is 29.2 Å². The molecule has 0 amide bonds. The summed E-state index contributed by atoms with van der Waals surface area (Å²) in [6.07, 6.45) is 2.79. The summed E-state index contributed by atoms with van der Waals surface area (Å²) in [7, 11) is 3.16. The maximum absolute atomic E-state index is 6.34. The first-order valence-corrected chi connectivity index (χ1v) is 8.55. The lowest BCUT2D eigenvalue weighted by Crippen LogP contribution is -1.91. The van der Waals surface area contributed by atoms with Crippen LogP contribution in [0.15, 0.2) is 47.0 Å². The summed E-state index contributed by atoms with van der Waals surface area (Å²) in [6, 6.07) is 13.6. The summed E-state index contributed by atoms with van der Waals surface area (Å²) in [6.45, 7) is 2.12. The van der Waals surface area contributed by atoms with Crippen molar-refractivity contribution in [1.82, 2.24) is 10.1 Å². The van der Waals surface area contributed by atoms with Crippen LogP contribution in [-0.2, 0) is 6.42 Å². The monoisotopic (exact) mass is 370 g/mol. The van der Waals surface area contributed by atoms with Gasteiger partial charge in [-0.05, 0) is 41.8 Å². The van der Waals surface area contributed by atoms with Crippen molar-refractivity contribution in [2.75, 3.05) is 14.2 Å². The van der Waals surface area contributed by atoms with Crippen LogP contribution in [0.25, 0.3) is 22.5 Å². The lowest BCUT2D eigenvalue weighted by Gasteiger charge is -2.07. The predicted octanol–water partition coefficient (Wildman–Crippen LogP) is 5.05. The fourth-order valence-electron chi connectivity index (χ4n) is 2.47. The molecular weight excluding hydrogens is 352 g/mol. The van der Waals surface area contributed by atoms with Crippen molar-refractivity contribution in [3.05, 3.63) is 59.5 Å². The third kappa shape index (κ3) is 3.89. The summed E-state index contributed by atoms with van der Waals surface area (Å²) >= 11 is 6.34. The number of hydrogen-bond donors (Lipinski definition) is 0. The second kappa shape index (κ2) is 8.06. The summed E-state index contributed by atoms with van der Waals surface area (Å²) < 4.78 is 15.8. The Morgan fingerprint density at radius 1 is 1.08 bits per heavy atom. The molecule has 0 unspecified atom stereocenters. The van der Waals surface area contributed by atoms with Gasteiger partial charge in [0.25, 0.3) is 5.89 Å². The molecule has 0 aliphatic carbocycles. The molecule has 0 saturated carbocycles. The highest BCUT2D eigenvalue weighted by Gasteiger charge is 2.14. The Kier molecular flexibility index (Phi) is 5.58. The number of rotatable bonds is 6. The molecule has 3 aromatic rings. The van der Waals surface area contributed by atoms with Crippen LogP contribution in [0.5, 0.6) is 11.5 Å². The average Bonchev–Trinajstić information content (AvgIpc) is 3.18. The van der Waals surface area contributed by atoms with Gasteiger partial charge in [-0.2, -0.15) is 4.98 Å². The lowest BCUT2D eigenvalue weighted by atomic mass is 10.1. The molecule has 1 heterocycles. The smallest absolute Gasteiger partial charge is 0.269 e. The molecule has 0 aliphatic heterocycles. The van der Waals surface area contributed by atoms with Crippen molar-refractivity contribution in [3.63, 3.8) is 0 Å². The van der Waals surface area contributed by atoms with Gasteiger partial charge in [-0.25, -0.2) is 0 Å². The van der Waals surface area contributed by atoms with E-state index in [9.17, 15) is 0 Å². The minimum Gasteiger partial charge on any atom is -0.493 e. The van der Waals surface area contributed by atoms with Crippen LogP contribution in [0.2, 0.25) is 0 Å². The third-order valence-electron chi connectivity index (χ3n) is 3.95. The van der Waals surface area contributed by atoms with Crippen LogP contribution in [0.3, 0.4) is 0 Å². The summed E-state index contributed by atoms with van der Waals surface area (Å²) in [5.74, 6) is 1.91. The molecule has 1 aromatic heterocycles. The van der Waals surface area contributed by atoms with Gasteiger partial charge in [0.2, 0.25) is 5.82 Å². The Hall–Kier alpha value is -2.79. The fraction of sp³-hybridized carbons (Fsp3) is 0.200. The molecule has 0 atom stereocenters. The molecular formula is C20H19ClN2O3. The summed E-state index contributed by atoms with van der Waals surface area (Å²) in [5.41, 5.74) is 2.99. The summed E-state index contributed by atoms with van der Waals surface area (Å²) in [5, 5.41) is 4.38. The topological polar surface area (TPSA) is 57.4 Å². The molecule has 0 aliphatic rings. The van der Waals surface area contributed by atoms with Gasteiger partial charge >= 0.3 is 0 Å². The van der Waals surface area contributed by atoms with E-state index in [4.69, 9.17) is 25.6 Å². The van der Waals surface area contributed by atoms with Crippen LogP contribution in [0, 0.1) is 0 Å². The highest BCUT2D eigenvalue weighted by Crippen LogP contribution is 2.32. The van der Waals surface area contributed by atoms with Crippen molar-refractivity contribution < 1.29 is 14.0 Å². The van der Waals surface area contributed by atoms with E-state index in [1.807, 2.05) is 18.2 Å². The Bertz CT molecular complexity index is 917. The van der Waals surface area contributed by atoms with Crippen LogP contribution in [0.1, 0.15) is 23.9 Å². The fourth-order valence-corrected chi connectivity index (χ4v) is 2.67. The molecule has 6 heteroatoms. The number of ether oxygens (including phenoxy) is 2. The van der Waals surface area contributed by atoms with Gasteiger partial charge < -0.3 is 14.0 Å². The molecule has 134 valence electrons. The number of hydrogen-bond acceptors (Lipinski definition) is 5. The second-order valence-corrected chi connectivity index (χ2v) is 5.99. The standard InChI is InChI=1S/C20H19ClN2O3/c1-4-13-5-7-14(8-6-13)11-16(21)20-22-19(23-26-20)15-9-10-17(24-2)18(12-15)25-3/h5-12H,4H2,1-3H3/b16-11-. The van der Waals surface area contributed by atoms with Crippen molar-refractivity contribution in [1.29, 1.82) is 0 Å². The first-order chi connectivity index (χ1) is 12.6. The van der Waals surface area contributed by atoms with E-state index in [1.165, 1.54) is 5.56 Å². The molecule has 0 radical (unpaired) electrons. The van der Waals surface area contributed by atoms with Gasteiger partial charge in [-0.15, -0.1) is 0 Å². The van der Waals surface area contributed by atoms with E-state index in [-0.39, 0.29) is 5.89 Å². The number of methoxy groups -OCH3 is 2. The molecule has 26 heavy (non-hydrogen) atoms. The SMILES string of the molecule is CCc1ccc(/C=C(\Cl)c2nc(-c3ccc(OC)c(OC)c3)no2)cc1. The zero-order valence-electron chi connectivity index (χ0n) is 14.8. The third-order valence-corrected chi connectivity index (χ3v) is 4.22. The summed E-state index contributed by atoms with van der Waals surface area (Å²) in [4.78, 5) is 4.37. The Labute approximate surface area is 157 Å². The zero-order valence-corrected chi connectivity index (χ0v) is 15.6. The van der Waals surface area contributed by atoms with Gasteiger partial charge in [0, 0.05) is 5.56 Å². The largest absolute Gasteiger partial charge is 0.493 e. The van der Waals surface area contributed by atoms with Crippen molar-refractivity contribution in [3.8, 4) is 22.9 Å². The maximum Gasteiger partial charge on any atom is 0.269 e. The van der Waals surface area contributed by atoms with E-state index in [0.29, 0.717) is 22.4 Å². The van der Waals surface area contributed by atoms with Crippen molar-refractivity contribution >= 4 is 22.7 Å². The molecule has 0 fully saturated rings. The normalized spacial score (nSPS) is 11.5. The number of aryl methyl sites for hydroxylation is 1. The number of aromatic nitrogens is 2. The van der Waals surface area contributed by atoms with Gasteiger partial charge in [0.05, 0.1) is 14.2 Å². The highest BCUT2D eigenvalue weighted by molar-refractivity contribution is 6.50. The van der Waals surface area contributed by atoms with E-state index < -0.39 is 0 Å². The first-order valence-electron chi connectivity index (χ1n) is 8.17. The van der Waals surface area contributed by atoms with Gasteiger partial charge in [-0.1, -0.05) is 47.9 Å². The quantitative estimate of drug-likeness (QED) is 0.607. The van der Waals surface area contributed by atoms with Gasteiger partial charge in [0.15, 0.2) is 11.5 Å². The van der Waals surface area contributed by atoms with Crippen LogP contribution >= 0.6 is 11.6 Å². The molecule has 0 saturated heterocycles. The molecule has 5 nitrogen and oxygen atoms in total. The van der Waals surface area contributed by atoms with Crippen molar-refractivity contribution in [2.45, 2.75) is 13.3 Å². The Balaban J connectivity index is 1.85. The minimum absolute atomic E-state index is 0.260. The molecule has 2 aromatic carbocycles. The van der Waals surface area contributed by atoms with E-state index in [0.717, 1.165) is 17.5 Å². The van der Waals surface area contributed by atoms with E-state index >= 15 is 0 Å². The zero-order chi connectivity index (χ0) is 18.5. The minimum atomic E-state index is 0.260. The number of halogens is 1. The molecule has 0 bridgehead atoms. The predicted molar refractivity (Wildman–Crippen MR) is 102 cm³/mol. The highest BCUT2D eigenvalue weighted by atomic mass is 35.5. The van der Waals surface area contributed by atoms with Crippen molar-refractivity contribution in [2.24, 2.45) is 0 Å². The Morgan fingerprint density at radius 3 is 2.46 bits per heavy atom. The first kappa shape index (κ1) is 18.0.